The van der Waals surface area contributed by atoms with Gasteiger partial charge in [0.25, 0.3) is 0 Å². The van der Waals surface area contributed by atoms with Crippen molar-refractivity contribution in [3.05, 3.63) is 66.1 Å². The summed E-state index contributed by atoms with van der Waals surface area (Å²) in [5, 5.41) is 0. The minimum Gasteiger partial charge on any atom is -0.320 e. The molecule has 0 spiro atoms. The van der Waals surface area contributed by atoms with Crippen LogP contribution in [-0.4, -0.2) is 20.7 Å². The third-order valence-corrected chi connectivity index (χ3v) is 4.48. The van der Waals surface area contributed by atoms with Gasteiger partial charge in [0.05, 0.1) is 17.3 Å². The second-order valence-electron chi connectivity index (χ2n) is 6.21. The Labute approximate surface area is 157 Å². The van der Waals surface area contributed by atoms with Crippen molar-refractivity contribution in [2.45, 2.75) is 25.7 Å². The van der Waals surface area contributed by atoms with Gasteiger partial charge in [0.15, 0.2) is 5.65 Å². The summed E-state index contributed by atoms with van der Waals surface area (Å²) >= 11 is 0. The smallest absolute Gasteiger partial charge is 0.320 e. The molecule has 3 aromatic rings. The lowest BCUT2D eigenvalue weighted by molar-refractivity contribution is -0.137. The molecule has 0 bridgehead atoms. The molecule has 1 aromatic carbocycles. The van der Waals surface area contributed by atoms with E-state index in [9.17, 15) is 17.6 Å². The van der Waals surface area contributed by atoms with Gasteiger partial charge < -0.3 is 4.90 Å². The standard InChI is InChI=1S/C19H15F4N5/c1-2-16-26-18-15(9-13(20)10-25-18)28(16)17-11-24-7-8-27(17)14-5-3-12(4-6-14)19(21,22)23/h3-11,17H,2H2,1H3. The van der Waals surface area contributed by atoms with E-state index in [2.05, 4.69) is 15.0 Å². The van der Waals surface area contributed by atoms with Gasteiger partial charge in [0.2, 0.25) is 0 Å². The van der Waals surface area contributed by atoms with Gasteiger partial charge in [-0.3, -0.25) is 9.56 Å². The first-order valence-electron chi connectivity index (χ1n) is 8.56. The van der Waals surface area contributed by atoms with E-state index >= 15 is 0 Å². The van der Waals surface area contributed by atoms with E-state index in [1.54, 1.807) is 21.9 Å². The van der Waals surface area contributed by atoms with E-state index in [1.165, 1.54) is 24.4 Å². The molecule has 9 heteroatoms. The van der Waals surface area contributed by atoms with Gasteiger partial charge >= 0.3 is 6.18 Å². The van der Waals surface area contributed by atoms with Gasteiger partial charge in [-0.25, -0.2) is 14.4 Å². The van der Waals surface area contributed by atoms with Gasteiger partial charge in [-0.2, -0.15) is 13.2 Å². The van der Waals surface area contributed by atoms with Crippen LogP contribution in [0.15, 0.2) is 53.9 Å². The molecule has 5 nitrogen and oxygen atoms in total. The quantitative estimate of drug-likeness (QED) is 0.610. The fourth-order valence-electron chi connectivity index (χ4n) is 3.19. The molecular formula is C19H15F4N5. The summed E-state index contributed by atoms with van der Waals surface area (Å²) in [5.74, 6) is 0.164. The second kappa shape index (κ2) is 6.74. The Morgan fingerprint density at radius 1 is 1.14 bits per heavy atom. The number of nitrogens with zero attached hydrogens (tertiary/aromatic N) is 5. The molecule has 0 N–H and O–H groups in total. The first-order valence-corrected chi connectivity index (χ1v) is 8.56. The van der Waals surface area contributed by atoms with Crippen LogP contribution in [0.1, 0.15) is 24.5 Å². The number of hydrogen-bond acceptors (Lipinski definition) is 4. The number of fused-ring (bicyclic) bond motifs is 1. The van der Waals surface area contributed by atoms with Crippen LogP contribution >= 0.6 is 0 Å². The summed E-state index contributed by atoms with van der Waals surface area (Å²) < 4.78 is 54.2. The SMILES string of the molecule is CCc1nc2ncc(F)cc2n1C1C=NC=CN1c1ccc(C(F)(F)F)cc1. The first-order chi connectivity index (χ1) is 13.4. The van der Waals surface area contributed by atoms with Crippen molar-refractivity contribution in [3.8, 4) is 0 Å². The molecular weight excluding hydrogens is 374 g/mol. The average molecular weight is 389 g/mol. The van der Waals surface area contributed by atoms with Gasteiger partial charge in [0.1, 0.15) is 17.8 Å². The molecule has 144 valence electrons. The molecule has 0 amide bonds. The lowest BCUT2D eigenvalue weighted by Gasteiger charge is -2.32. The number of pyridine rings is 1. The third-order valence-electron chi connectivity index (χ3n) is 4.48. The lowest BCUT2D eigenvalue weighted by Crippen LogP contribution is -2.32. The van der Waals surface area contributed by atoms with Crippen LogP contribution in [0.4, 0.5) is 23.2 Å². The topological polar surface area (TPSA) is 46.3 Å². The van der Waals surface area contributed by atoms with Gasteiger partial charge in [0, 0.05) is 36.8 Å². The molecule has 0 aliphatic carbocycles. The molecule has 2 aromatic heterocycles. The van der Waals surface area contributed by atoms with Crippen molar-refractivity contribution in [2.75, 3.05) is 4.90 Å². The van der Waals surface area contributed by atoms with Crippen LogP contribution in [0.25, 0.3) is 11.2 Å². The van der Waals surface area contributed by atoms with Gasteiger partial charge in [-0.05, 0) is 24.3 Å². The molecule has 28 heavy (non-hydrogen) atoms. The summed E-state index contributed by atoms with van der Waals surface area (Å²) in [4.78, 5) is 14.4. The number of halogens is 4. The Bertz CT molecular complexity index is 1070. The molecule has 1 aliphatic heterocycles. The van der Waals surface area contributed by atoms with Crippen molar-refractivity contribution in [1.82, 2.24) is 14.5 Å². The fraction of sp³-hybridized carbons (Fsp3) is 0.211. The van der Waals surface area contributed by atoms with E-state index in [0.717, 1.165) is 18.3 Å². The number of aryl methyl sites for hydroxylation is 1. The maximum atomic E-state index is 13.8. The van der Waals surface area contributed by atoms with Gasteiger partial charge in [-0.15, -0.1) is 0 Å². The molecule has 1 aliphatic rings. The Hall–Kier alpha value is -3.23. The van der Waals surface area contributed by atoms with Crippen molar-refractivity contribution in [3.63, 3.8) is 0 Å². The predicted octanol–water partition coefficient (Wildman–Crippen LogP) is 4.71. The summed E-state index contributed by atoms with van der Waals surface area (Å²) in [6, 6.07) is 6.18. The van der Waals surface area contributed by atoms with Crippen molar-refractivity contribution < 1.29 is 17.6 Å². The predicted molar refractivity (Wildman–Crippen MR) is 97.5 cm³/mol. The summed E-state index contributed by atoms with van der Waals surface area (Å²) in [7, 11) is 0. The molecule has 0 saturated heterocycles. The minimum atomic E-state index is -4.41. The molecule has 0 radical (unpaired) electrons. The number of rotatable bonds is 3. The van der Waals surface area contributed by atoms with Crippen LogP contribution in [0, 0.1) is 5.82 Å². The van der Waals surface area contributed by atoms with Crippen molar-refractivity contribution >= 4 is 23.1 Å². The fourth-order valence-corrected chi connectivity index (χ4v) is 3.19. The van der Waals surface area contributed by atoms with E-state index in [-0.39, 0.29) is 0 Å². The maximum absolute atomic E-state index is 13.8. The van der Waals surface area contributed by atoms with Crippen LogP contribution < -0.4 is 4.90 Å². The Balaban J connectivity index is 1.81. The minimum absolute atomic E-state index is 0.397. The number of aromatic nitrogens is 3. The number of imidazole rings is 1. The van der Waals surface area contributed by atoms with Crippen LogP contribution in [0.2, 0.25) is 0 Å². The highest BCUT2D eigenvalue weighted by Gasteiger charge is 2.31. The summed E-state index contributed by atoms with van der Waals surface area (Å²) in [5.41, 5.74) is 0.693. The average Bonchev–Trinajstić information content (AvgIpc) is 3.05. The number of anilines is 1. The van der Waals surface area contributed by atoms with E-state index in [0.29, 0.717) is 29.1 Å². The monoisotopic (exact) mass is 389 g/mol. The largest absolute Gasteiger partial charge is 0.416 e. The Kier molecular flexibility index (Phi) is 4.37. The second-order valence-corrected chi connectivity index (χ2v) is 6.21. The number of benzene rings is 1. The van der Waals surface area contributed by atoms with Gasteiger partial charge in [-0.1, -0.05) is 6.92 Å². The zero-order valence-corrected chi connectivity index (χ0v) is 14.7. The summed E-state index contributed by atoms with van der Waals surface area (Å²) in [6.07, 6.45) is 1.56. The molecule has 0 fully saturated rings. The molecule has 1 atom stereocenters. The zero-order chi connectivity index (χ0) is 19.9. The zero-order valence-electron chi connectivity index (χ0n) is 14.7. The van der Waals surface area contributed by atoms with Crippen LogP contribution in [0.5, 0.6) is 0 Å². The molecule has 1 unspecified atom stereocenters. The third kappa shape index (κ3) is 3.12. The lowest BCUT2D eigenvalue weighted by atomic mass is 10.2. The molecule has 3 heterocycles. The number of hydrogen-bond donors (Lipinski definition) is 0. The Morgan fingerprint density at radius 2 is 1.89 bits per heavy atom. The van der Waals surface area contributed by atoms with Crippen LogP contribution in [0.3, 0.4) is 0 Å². The van der Waals surface area contributed by atoms with E-state index < -0.39 is 23.7 Å². The van der Waals surface area contributed by atoms with E-state index in [4.69, 9.17) is 0 Å². The van der Waals surface area contributed by atoms with Crippen molar-refractivity contribution in [2.24, 2.45) is 4.99 Å². The summed E-state index contributed by atoms with van der Waals surface area (Å²) in [6.45, 7) is 1.91. The Morgan fingerprint density at radius 3 is 2.57 bits per heavy atom. The first kappa shape index (κ1) is 18.1. The van der Waals surface area contributed by atoms with E-state index in [1.807, 2.05) is 6.92 Å². The van der Waals surface area contributed by atoms with Crippen molar-refractivity contribution in [1.29, 1.82) is 0 Å². The highest BCUT2D eigenvalue weighted by atomic mass is 19.4. The normalized spacial score (nSPS) is 16.9. The highest BCUT2D eigenvalue weighted by molar-refractivity contribution is 5.78. The van der Waals surface area contributed by atoms with Crippen LogP contribution in [-0.2, 0) is 12.6 Å². The highest BCUT2D eigenvalue weighted by Crippen LogP contribution is 2.33. The molecule has 4 rings (SSSR count). The maximum Gasteiger partial charge on any atom is 0.416 e. The molecule has 0 saturated carbocycles. The number of alkyl halides is 3. The number of aliphatic imine (C=N–C) groups is 1.